The summed E-state index contributed by atoms with van der Waals surface area (Å²) in [6, 6.07) is 7.36. The molecule has 0 atom stereocenters. The van der Waals surface area contributed by atoms with E-state index < -0.39 is 0 Å². The van der Waals surface area contributed by atoms with E-state index in [1.807, 2.05) is 25.1 Å². The van der Waals surface area contributed by atoms with Crippen LogP contribution < -0.4 is 4.90 Å². The van der Waals surface area contributed by atoms with Crippen LogP contribution in [0.3, 0.4) is 0 Å². The maximum Gasteiger partial charge on any atom is 0.278 e. The minimum Gasteiger partial charge on any atom is -0.379 e. The number of benzene rings is 1. The van der Waals surface area contributed by atoms with Gasteiger partial charge in [-0.15, -0.1) is 12.4 Å². The van der Waals surface area contributed by atoms with E-state index in [0.29, 0.717) is 28.9 Å². The van der Waals surface area contributed by atoms with Crippen LogP contribution in [0.2, 0.25) is 5.02 Å². The minimum absolute atomic E-state index is 0. The molecule has 1 saturated heterocycles. The first-order valence-electron chi connectivity index (χ1n) is 9.35. The van der Waals surface area contributed by atoms with Gasteiger partial charge in [0.15, 0.2) is 5.13 Å². The summed E-state index contributed by atoms with van der Waals surface area (Å²) < 4.78 is 8.11. The van der Waals surface area contributed by atoms with Gasteiger partial charge < -0.3 is 4.74 Å². The van der Waals surface area contributed by atoms with E-state index in [2.05, 4.69) is 10.00 Å². The van der Waals surface area contributed by atoms with Crippen LogP contribution in [0.15, 0.2) is 30.5 Å². The number of morpholine rings is 1. The van der Waals surface area contributed by atoms with Gasteiger partial charge in [0.1, 0.15) is 5.69 Å². The Morgan fingerprint density at radius 3 is 2.86 bits per heavy atom. The quantitative estimate of drug-likeness (QED) is 0.568. The molecular weight excluding hydrogens is 433 g/mol. The number of thiazole rings is 1. The van der Waals surface area contributed by atoms with E-state index in [-0.39, 0.29) is 18.3 Å². The molecular formula is C19H23Cl2N5O2S. The van der Waals surface area contributed by atoms with Gasteiger partial charge in [-0.05, 0) is 31.2 Å². The molecule has 0 spiro atoms. The molecule has 29 heavy (non-hydrogen) atoms. The molecule has 0 bridgehead atoms. The average Bonchev–Trinajstić information content (AvgIpc) is 3.35. The number of aromatic nitrogens is 3. The molecule has 3 aromatic rings. The van der Waals surface area contributed by atoms with E-state index in [1.54, 1.807) is 21.8 Å². The van der Waals surface area contributed by atoms with Crippen LogP contribution >= 0.6 is 35.3 Å². The topological polar surface area (TPSA) is 63.5 Å². The van der Waals surface area contributed by atoms with Crippen molar-refractivity contribution in [2.75, 3.05) is 44.3 Å². The van der Waals surface area contributed by atoms with Crippen molar-refractivity contribution >= 4 is 56.6 Å². The molecule has 3 heterocycles. The first-order chi connectivity index (χ1) is 13.7. The van der Waals surface area contributed by atoms with Gasteiger partial charge in [-0.3, -0.25) is 19.3 Å². The van der Waals surface area contributed by atoms with Crippen LogP contribution in [0, 0.1) is 0 Å². The molecule has 1 aliphatic heterocycles. The lowest BCUT2D eigenvalue weighted by atomic mass is 10.3. The second-order valence-corrected chi connectivity index (χ2v) is 8.00. The van der Waals surface area contributed by atoms with Gasteiger partial charge in [0.25, 0.3) is 5.91 Å². The zero-order valence-electron chi connectivity index (χ0n) is 16.1. The molecule has 1 amide bonds. The lowest BCUT2D eigenvalue weighted by molar-refractivity contribution is 0.0391. The van der Waals surface area contributed by atoms with E-state index in [1.165, 1.54) is 11.3 Å². The SMILES string of the molecule is CCn1nccc1C(=O)N(CCN1CCOCC1)c1nc2ccc(Cl)cc2s1.Cl. The van der Waals surface area contributed by atoms with Gasteiger partial charge in [0.05, 0.1) is 23.4 Å². The van der Waals surface area contributed by atoms with Gasteiger partial charge in [-0.2, -0.15) is 5.10 Å². The zero-order chi connectivity index (χ0) is 19.5. The van der Waals surface area contributed by atoms with Crippen molar-refractivity contribution in [3.63, 3.8) is 0 Å². The molecule has 0 radical (unpaired) electrons. The third kappa shape index (κ3) is 4.90. The fourth-order valence-corrected chi connectivity index (χ4v) is 4.52. The number of rotatable bonds is 6. The number of ether oxygens (including phenoxy) is 1. The molecule has 4 rings (SSSR count). The standard InChI is InChI=1S/C19H22ClN5O2S.ClH/c1-2-25-16(5-6-21-25)18(26)24(8-7-23-9-11-27-12-10-23)19-22-15-4-3-14(20)13-17(15)28-19;/h3-6,13H,2,7-12H2,1H3;1H. The van der Waals surface area contributed by atoms with Crippen LogP contribution in [0.25, 0.3) is 10.2 Å². The summed E-state index contributed by atoms with van der Waals surface area (Å²) in [6.45, 7) is 7.16. The molecule has 1 aliphatic rings. The second kappa shape index (κ2) is 9.86. The number of hydrogen-bond donors (Lipinski definition) is 0. The number of amides is 1. The summed E-state index contributed by atoms with van der Waals surface area (Å²) in [6.07, 6.45) is 1.66. The second-order valence-electron chi connectivity index (χ2n) is 6.55. The van der Waals surface area contributed by atoms with Gasteiger partial charge >= 0.3 is 0 Å². The molecule has 10 heteroatoms. The first kappa shape index (κ1) is 22.0. The fraction of sp³-hybridized carbons (Fsp3) is 0.421. The molecule has 1 aromatic carbocycles. The van der Waals surface area contributed by atoms with Crippen LogP contribution in [-0.4, -0.2) is 65.0 Å². The number of carbonyl (C=O) groups excluding carboxylic acids is 1. The molecule has 1 fully saturated rings. The normalized spacial score (nSPS) is 14.7. The van der Waals surface area contributed by atoms with Crippen molar-refractivity contribution in [3.8, 4) is 0 Å². The lowest BCUT2D eigenvalue weighted by Gasteiger charge is -2.29. The van der Waals surface area contributed by atoms with Gasteiger partial charge in [-0.1, -0.05) is 22.9 Å². The Kier molecular flexibility index (Phi) is 7.48. The van der Waals surface area contributed by atoms with Gasteiger partial charge in [0.2, 0.25) is 0 Å². The molecule has 0 aliphatic carbocycles. The van der Waals surface area contributed by atoms with Crippen molar-refractivity contribution in [2.24, 2.45) is 0 Å². The summed E-state index contributed by atoms with van der Waals surface area (Å²) in [4.78, 5) is 22.1. The number of nitrogens with zero attached hydrogens (tertiary/aromatic N) is 5. The predicted molar refractivity (Wildman–Crippen MR) is 119 cm³/mol. The maximum absolute atomic E-state index is 13.4. The highest BCUT2D eigenvalue weighted by atomic mass is 35.5. The van der Waals surface area contributed by atoms with Gasteiger partial charge in [-0.25, -0.2) is 4.98 Å². The minimum atomic E-state index is -0.0854. The number of halogens is 2. The highest BCUT2D eigenvalue weighted by Gasteiger charge is 2.25. The predicted octanol–water partition coefficient (Wildman–Crippen LogP) is 3.57. The summed E-state index contributed by atoms with van der Waals surface area (Å²) in [5, 5.41) is 5.59. The highest BCUT2D eigenvalue weighted by Crippen LogP contribution is 2.31. The van der Waals surface area contributed by atoms with E-state index in [0.717, 1.165) is 43.1 Å². The maximum atomic E-state index is 13.4. The summed E-state index contributed by atoms with van der Waals surface area (Å²) in [7, 11) is 0. The smallest absolute Gasteiger partial charge is 0.278 e. The number of aryl methyl sites for hydroxylation is 1. The Balaban J connectivity index is 0.00000240. The number of carbonyl (C=O) groups is 1. The Morgan fingerprint density at radius 2 is 2.10 bits per heavy atom. The summed E-state index contributed by atoms with van der Waals surface area (Å²) >= 11 is 7.60. The molecule has 0 saturated carbocycles. The van der Waals surface area contributed by atoms with E-state index >= 15 is 0 Å². The summed E-state index contributed by atoms with van der Waals surface area (Å²) in [5.41, 5.74) is 1.42. The monoisotopic (exact) mass is 455 g/mol. The zero-order valence-corrected chi connectivity index (χ0v) is 18.5. The van der Waals surface area contributed by atoms with Crippen molar-refractivity contribution in [1.82, 2.24) is 19.7 Å². The van der Waals surface area contributed by atoms with Crippen LogP contribution in [0.4, 0.5) is 5.13 Å². The van der Waals surface area contributed by atoms with Crippen molar-refractivity contribution in [3.05, 3.63) is 41.2 Å². The largest absolute Gasteiger partial charge is 0.379 e. The van der Waals surface area contributed by atoms with Gasteiger partial charge in [0, 0.05) is 43.9 Å². The van der Waals surface area contributed by atoms with E-state index in [9.17, 15) is 4.79 Å². The molecule has 0 N–H and O–H groups in total. The third-order valence-electron chi connectivity index (χ3n) is 4.79. The first-order valence-corrected chi connectivity index (χ1v) is 10.5. The van der Waals surface area contributed by atoms with Crippen molar-refractivity contribution in [2.45, 2.75) is 13.5 Å². The lowest BCUT2D eigenvalue weighted by Crippen LogP contribution is -2.43. The van der Waals surface area contributed by atoms with Crippen molar-refractivity contribution < 1.29 is 9.53 Å². The Labute approximate surface area is 184 Å². The Morgan fingerprint density at radius 1 is 1.31 bits per heavy atom. The van der Waals surface area contributed by atoms with Crippen molar-refractivity contribution in [1.29, 1.82) is 0 Å². The Hall–Kier alpha value is -1.71. The number of fused-ring (bicyclic) bond motifs is 1. The highest BCUT2D eigenvalue weighted by molar-refractivity contribution is 7.22. The van der Waals surface area contributed by atoms with Crippen LogP contribution in [0.5, 0.6) is 0 Å². The molecule has 7 nitrogen and oxygen atoms in total. The van der Waals surface area contributed by atoms with E-state index in [4.69, 9.17) is 21.3 Å². The number of hydrogen-bond acceptors (Lipinski definition) is 6. The molecule has 156 valence electrons. The van der Waals surface area contributed by atoms with Crippen LogP contribution in [-0.2, 0) is 11.3 Å². The third-order valence-corrected chi connectivity index (χ3v) is 6.07. The van der Waals surface area contributed by atoms with Crippen LogP contribution in [0.1, 0.15) is 17.4 Å². The summed E-state index contributed by atoms with van der Waals surface area (Å²) in [5.74, 6) is -0.0854. The average molecular weight is 456 g/mol. The molecule has 2 aromatic heterocycles. The Bertz CT molecular complexity index is 971. The number of anilines is 1. The fourth-order valence-electron chi connectivity index (χ4n) is 3.26. The molecule has 0 unspecified atom stereocenters.